The first kappa shape index (κ1) is 17.2. The molecular weight excluding hydrogens is 324 g/mol. The van der Waals surface area contributed by atoms with Gasteiger partial charge in [0, 0.05) is 11.8 Å². The van der Waals surface area contributed by atoms with Crippen LogP contribution in [0.3, 0.4) is 0 Å². The molecule has 4 aliphatic carbocycles. The molecule has 3 saturated carbocycles. The van der Waals surface area contributed by atoms with Crippen molar-refractivity contribution in [1.82, 2.24) is 0 Å². The van der Waals surface area contributed by atoms with Gasteiger partial charge < -0.3 is 9.84 Å². The zero-order valence-corrected chi connectivity index (χ0v) is 16.1. The molecule has 1 spiro atoms. The van der Waals surface area contributed by atoms with Gasteiger partial charge in [-0.1, -0.05) is 31.9 Å². The highest BCUT2D eigenvalue weighted by atomic mass is 16.6. The molecule has 3 nitrogen and oxygen atoms in total. The molecule has 8 atom stereocenters. The Hall–Kier alpha value is -0.930. The minimum Gasteiger partial charge on any atom is -0.365 e. The van der Waals surface area contributed by atoms with E-state index in [1.165, 1.54) is 31.3 Å². The van der Waals surface area contributed by atoms with Gasteiger partial charge >= 0.3 is 0 Å². The number of fused-ring (bicyclic) bond motifs is 6. The van der Waals surface area contributed by atoms with Crippen LogP contribution in [0, 0.1) is 35.0 Å². The third kappa shape index (κ3) is 2.16. The first-order valence-electron chi connectivity index (χ1n) is 10.8. The number of carbonyl (C=O) groups is 1. The first-order valence-corrected chi connectivity index (χ1v) is 10.8. The molecule has 0 saturated heterocycles. The number of hydrogen-bond donors (Lipinski definition) is 1. The van der Waals surface area contributed by atoms with E-state index in [1.54, 1.807) is 0 Å². The quantitative estimate of drug-likeness (QED) is 0.708. The monoisotopic (exact) mass is 356 g/mol. The summed E-state index contributed by atoms with van der Waals surface area (Å²) in [5.41, 5.74) is 1.36. The molecule has 0 radical (unpaired) electrons. The van der Waals surface area contributed by atoms with Crippen LogP contribution in [0.1, 0.15) is 65.2 Å². The van der Waals surface area contributed by atoms with Gasteiger partial charge in [-0.05, 0) is 80.3 Å². The van der Waals surface area contributed by atoms with Gasteiger partial charge in [-0.2, -0.15) is 0 Å². The minimum atomic E-state index is -0.726. The van der Waals surface area contributed by atoms with E-state index in [1.807, 2.05) is 12.2 Å². The maximum absolute atomic E-state index is 12.0. The molecule has 1 N–H and O–H groups in total. The smallest absolute Gasteiger partial charge is 0.175 e. The van der Waals surface area contributed by atoms with Gasteiger partial charge in [0.15, 0.2) is 12.1 Å². The van der Waals surface area contributed by atoms with Gasteiger partial charge in [0.2, 0.25) is 0 Å². The Bertz CT molecular complexity index is 679. The summed E-state index contributed by atoms with van der Waals surface area (Å²) in [5, 5.41) is 10.0. The summed E-state index contributed by atoms with van der Waals surface area (Å²) < 4.78 is 6.14. The van der Waals surface area contributed by atoms with Crippen LogP contribution in [-0.4, -0.2) is 22.8 Å². The fourth-order valence-corrected chi connectivity index (χ4v) is 7.83. The van der Waals surface area contributed by atoms with E-state index >= 15 is 0 Å². The van der Waals surface area contributed by atoms with Crippen molar-refractivity contribution in [3.05, 3.63) is 23.8 Å². The van der Waals surface area contributed by atoms with Gasteiger partial charge in [-0.3, -0.25) is 4.79 Å². The molecule has 0 bridgehead atoms. The van der Waals surface area contributed by atoms with Crippen LogP contribution < -0.4 is 0 Å². The Morgan fingerprint density at radius 1 is 1.27 bits per heavy atom. The first-order chi connectivity index (χ1) is 12.5. The van der Waals surface area contributed by atoms with Crippen LogP contribution in [0.15, 0.2) is 23.8 Å². The van der Waals surface area contributed by atoms with Crippen molar-refractivity contribution in [3.63, 3.8) is 0 Å². The molecule has 5 rings (SSSR count). The Kier molecular flexibility index (Phi) is 3.82. The number of carbonyl (C=O) groups excluding carboxylic acids is 1. The molecule has 0 aromatic rings. The summed E-state index contributed by atoms with van der Waals surface area (Å²) in [6.45, 7) is 4.77. The van der Waals surface area contributed by atoms with E-state index in [0.717, 1.165) is 37.5 Å². The van der Waals surface area contributed by atoms with Crippen molar-refractivity contribution in [2.45, 2.75) is 77.1 Å². The molecule has 4 unspecified atom stereocenters. The van der Waals surface area contributed by atoms with Gasteiger partial charge in [-0.15, -0.1) is 0 Å². The summed E-state index contributed by atoms with van der Waals surface area (Å²) in [4.78, 5) is 12.0. The molecule has 0 aromatic carbocycles. The summed E-state index contributed by atoms with van der Waals surface area (Å²) in [6.07, 6.45) is 14.2. The second kappa shape index (κ2) is 5.78. The van der Waals surface area contributed by atoms with Crippen molar-refractivity contribution >= 4 is 5.78 Å². The molecule has 5 aliphatic rings. The predicted octanol–water partition coefficient (Wildman–Crippen LogP) is 4.41. The predicted molar refractivity (Wildman–Crippen MR) is 100 cm³/mol. The van der Waals surface area contributed by atoms with E-state index in [9.17, 15) is 9.90 Å². The van der Waals surface area contributed by atoms with E-state index in [-0.39, 0.29) is 11.0 Å². The average molecular weight is 357 g/mol. The van der Waals surface area contributed by atoms with Crippen LogP contribution >= 0.6 is 0 Å². The summed E-state index contributed by atoms with van der Waals surface area (Å²) >= 11 is 0. The number of aliphatic hydroxyl groups is 1. The van der Waals surface area contributed by atoms with Crippen molar-refractivity contribution < 1.29 is 14.6 Å². The molecule has 1 aliphatic heterocycles. The van der Waals surface area contributed by atoms with Gasteiger partial charge in [0.1, 0.15) is 0 Å². The number of ketones is 1. The number of allylic oxidation sites excluding steroid dienone is 1. The van der Waals surface area contributed by atoms with Crippen LogP contribution in [-0.2, 0) is 9.53 Å². The largest absolute Gasteiger partial charge is 0.365 e. The minimum absolute atomic E-state index is 0.140. The second-order valence-corrected chi connectivity index (χ2v) is 9.80. The van der Waals surface area contributed by atoms with Crippen molar-refractivity contribution in [2.75, 3.05) is 0 Å². The van der Waals surface area contributed by atoms with Crippen LogP contribution in [0.2, 0.25) is 0 Å². The lowest BCUT2D eigenvalue weighted by molar-refractivity contribution is -0.184. The Balaban J connectivity index is 1.51. The molecule has 26 heavy (non-hydrogen) atoms. The normalized spacial score (nSPS) is 52.6. The molecule has 0 aromatic heterocycles. The lowest BCUT2D eigenvalue weighted by Gasteiger charge is -2.58. The van der Waals surface area contributed by atoms with E-state index in [0.29, 0.717) is 23.5 Å². The summed E-state index contributed by atoms with van der Waals surface area (Å²) in [6, 6.07) is 0. The highest BCUT2D eigenvalue weighted by molar-refractivity contribution is 5.91. The molecule has 3 fully saturated rings. The Labute approximate surface area is 156 Å². The lowest BCUT2D eigenvalue weighted by Crippen LogP contribution is -2.54. The third-order valence-electron chi connectivity index (χ3n) is 9.04. The molecule has 1 heterocycles. The number of rotatable bonds is 1. The highest BCUT2D eigenvalue weighted by Gasteiger charge is 2.65. The third-order valence-corrected chi connectivity index (χ3v) is 9.04. The van der Waals surface area contributed by atoms with Gasteiger partial charge in [-0.25, -0.2) is 0 Å². The molecular formula is C23H32O3. The van der Waals surface area contributed by atoms with Crippen LogP contribution in [0.5, 0.6) is 0 Å². The van der Waals surface area contributed by atoms with Crippen molar-refractivity contribution in [2.24, 2.45) is 35.0 Å². The van der Waals surface area contributed by atoms with E-state index in [2.05, 4.69) is 19.9 Å². The standard InChI is InChI=1S/C23H32O3/c1-3-14-12-15-13-16(24)4-5-17(15)18-6-9-22(2)19(21(14)18)7-10-23(22)11-8-20(25)26-23/h8,11,13-14,17-21,25H,3-7,9-10,12H2,1-2H3/t14-,17-,18?,19?,20?,21?,22-,23+/m0/s1. The number of aliphatic hydroxyl groups excluding tert-OH is 1. The maximum Gasteiger partial charge on any atom is 0.175 e. The van der Waals surface area contributed by atoms with E-state index in [4.69, 9.17) is 4.74 Å². The summed E-state index contributed by atoms with van der Waals surface area (Å²) in [5.74, 6) is 3.87. The second-order valence-electron chi connectivity index (χ2n) is 9.80. The van der Waals surface area contributed by atoms with Crippen molar-refractivity contribution in [1.29, 1.82) is 0 Å². The number of hydrogen-bond acceptors (Lipinski definition) is 3. The zero-order valence-electron chi connectivity index (χ0n) is 16.1. The highest BCUT2D eigenvalue weighted by Crippen LogP contribution is 2.68. The Morgan fingerprint density at radius 3 is 2.85 bits per heavy atom. The zero-order chi connectivity index (χ0) is 18.1. The molecule has 142 valence electrons. The lowest BCUT2D eigenvalue weighted by atomic mass is 9.48. The molecule has 3 heteroatoms. The number of ether oxygens (including phenoxy) is 1. The topological polar surface area (TPSA) is 46.5 Å². The van der Waals surface area contributed by atoms with E-state index < -0.39 is 6.29 Å². The van der Waals surface area contributed by atoms with Gasteiger partial charge in [0.05, 0.1) is 5.60 Å². The summed E-state index contributed by atoms with van der Waals surface area (Å²) in [7, 11) is 0. The SMILES string of the molecule is CC[C@H]1CC2=CC(=O)CC[C@@H]2C2CC[C@@]3(C)C(CC[C@@]34C=CC(O)O4)C21. The van der Waals surface area contributed by atoms with Crippen molar-refractivity contribution in [3.8, 4) is 0 Å². The fourth-order valence-electron chi connectivity index (χ4n) is 7.83. The molecule has 0 amide bonds. The fraction of sp³-hybridized carbons (Fsp3) is 0.783. The maximum atomic E-state index is 12.0. The average Bonchev–Trinajstić information content (AvgIpc) is 3.14. The van der Waals surface area contributed by atoms with Gasteiger partial charge in [0.25, 0.3) is 0 Å². The Morgan fingerprint density at radius 2 is 2.12 bits per heavy atom. The van der Waals surface area contributed by atoms with Crippen LogP contribution in [0.25, 0.3) is 0 Å². The van der Waals surface area contributed by atoms with Crippen LogP contribution in [0.4, 0.5) is 0 Å².